The Morgan fingerprint density at radius 1 is 0.968 bits per heavy atom. The van der Waals surface area contributed by atoms with Crippen molar-refractivity contribution in [2.45, 2.75) is 37.6 Å². The third kappa shape index (κ3) is 3.90. The number of benzene rings is 2. The number of hydrogen-bond donors (Lipinski definition) is 0. The first-order valence-corrected chi connectivity index (χ1v) is 11.5. The first kappa shape index (κ1) is 20.3. The van der Waals surface area contributed by atoms with E-state index in [1.165, 1.54) is 37.3 Å². The molecule has 3 aliphatic rings. The lowest BCUT2D eigenvalue weighted by Gasteiger charge is -2.39. The van der Waals surface area contributed by atoms with Gasteiger partial charge in [0.2, 0.25) is 0 Å². The van der Waals surface area contributed by atoms with E-state index in [0.717, 1.165) is 49.5 Å². The van der Waals surface area contributed by atoms with E-state index in [4.69, 9.17) is 10.00 Å². The van der Waals surface area contributed by atoms with Gasteiger partial charge in [-0.2, -0.15) is 5.26 Å². The van der Waals surface area contributed by atoms with Crippen molar-refractivity contribution in [3.63, 3.8) is 0 Å². The highest BCUT2D eigenvalue weighted by atomic mass is 19.1. The monoisotopic (exact) mass is 419 g/mol. The second-order valence-corrected chi connectivity index (χ2v) is 9.35. The molecule has 5 heteroatoms. The molecule has 0 aromatic heterocycles. The van der Waals surface area contributed by atoms with E-state index in [-0.39, 0.29) is 5.56 Å². The van der Waals surface area contributed by atoms with Crippen molar-refractivity contribution in [2.24, 2.45) is 11.8 Å². The van der Waals surface area contributed by atoms with Crippen molar-refractivity contribution in [3.8, 4) is 11.8 Å². The molecule has 2 aromatic carbocycles. The number of anilines is 1. The average molecular weight is 420 g/mol. The quantitative estimate of drug-likeness (QED) is 0.714. The zero-order chi connectivity index (χ0) is 21.4. The van der Waals surface area contributed by atoms with Crippen LogP contribution in [0.3, 0.4) is 0 Å². The van der Waals surface area contributed by atoms with Crippen LogP contribution in [0.4, 0.5) is 10.1 Å². The lowest BCUT2D eigenvalue weighted by atomic mass is 9.93. The molecule has 162 valence electrons. The summed E-state index contributed by atoms with van der Waals surface area (Å²) in [5.74, 6) is 2.90. The van der Waals surface area contributed by atoms with Gasteiger partial charge in [-0.05, 0) is 73.3 Å². The minimum atomic E-state index is -0.421. The van der Waals surface area contributed by atoms with Crippen molar-refractivity contribution in [2.75, 3.05) is 38.2 Å². The van der Waals surface area contributed by atoms with E-state index in [0.29, 0.717) is 12.0 Å². The van der Waals surface area contributed by atoms with Gasteiger partial charge in [0, 0.05) is 37.9 Å². The van der Waals surface area contributed by atoms with E-state index in [9.17, 15) is 4.39 Å². The molecule has 1 heterocycles. The van der Waals surface area contributed by atoms with Crippen molar-refractivity contribution in [3.05, 3.63) is 59.4 Å². The highest BCUT2D eigenvalue weighted by molar-refractivity contribution is 5.51. The molecule has 1 saturated heterocycles. The maximum absolute atomic E-state index is 14.0. The van der Waals surface area contributed by atoms with Gasteiger partial charge in [-0.1, -0.05) is 18.2 Å². The van der Waals surface area contributed by atoms with Crippen molar-refractivity contribution >= 4 is 5.69 Å². The number of halogens is 1. The fourth-order valence-corrected chi connectivity index (χ4v) is 6.28. The molecule has 1 aliphatic heterocycles. The van der Waals surface area contributed by atoms with Gasteiger partial charge in [-0.15, -0.1) is 0 Å². The topological polar surface area (TPSA) is 39.5 Å². The van der Waals surface area contributed by atoms with E-state index < -0.39 is 5.82 Å². The third-order valence-corrected chi connectivity index (χ3v) is 7.84. The van der Waals surface area contributed by atoms with Crippen LogP contribution < -0.4 is 9.64 Å². The summed E-state index contributed by atoms with van der Waals surface area (Å²) in [5, 5.41) is 8.93. The number of methoxy groups -OCH3 is 1. The summed E-state index contributed by atoms with van der Waals surface area (Å²) in [5.41, 5.74) is 2.39. The van der Waals surface area contributed by atoms with Crippen LogP contribution in [0.2, 0.25) is 0 Å². The summed E-state index contributed by atoms with van der Waals surface area (Å²) in [7, 11) is 1.77. The smallest absolute Gasteiger partial charge is 0.143 e. The summed E-state index contributed by atoms with van der Waals surface area (Å²) < 4.78 is 19.6. The van der Waals surface area contributed by atoms with Crippen LogP contribution in [0, 0.1) is 29.0 Å². The molecule has 5 rings (SSSR count). The van der Waals surface area contributed by atoms with E-state index in [2.05, 4.69) is 34.1 Å². The van der Waals surface area contributed by atoms with Gasteiger partial charge in [-0.3, -0.25) is 4.90 Å². The molecular weight excluding hydrogens is 389 g/mol. The molecule has 4 nitrogen and oxygen atoms in total. The van der Waals surface area contributed by atoms with E-state index in [1.54, 1.807) is 13.2 Å². The van der Waals surface area contributed by atoms with Gasteiger partial charge in [0.1, 0.15) is 17.6 Å². The highest BCUT2D eigenvalue weighted by Crippen LogP contribution is 2.52. The average Bonchev–Trinajstić information content (AvgIpc) is 3.38. The molecule has 0 spiro atoms. The van der Waals surface area contributed by atoms with Gasteiger partial charge in [0.25, 0.3) is 0 Å². The van der Waals surface area contributed by atoms with Gasteiger partial charge in [-0.25, -0.2) is 4.39 Å². The molecule has 3 fully saturated rings. The Bertz CT molecular complexity index is 965. The maximum atomic E-state index is 14.0. The van der Waals surface area contributed by atoms with Crippen LogP contribution in [0.1, 0.15) is 42.7 Å². The number of hydrogen-bond acceptors (Lipinski definition) is 4. The standard InChI is InChI=1S/C26H30FN3O/c1-31-26-5-3-2-4-24(26)21-12-19-14-23(15-20(19)13-21)30-10-8-29(9-11-30)22-7-6-18(17-28)25(27)16-22/h2-7,16,19-21,23H,8-15H2,1H3. The number of fused-ring (bicyclic) bond motifs is 1. The van der Waals surface area contributed by atoms with Gasteiger partial charge in [0.05, 0.1) is 12.7 Å². The summed E-state index contributed by atoms with van der Waals surface area (Å²) in [6.45, 7) is 3.89. The molecule has 0 N–H and O–H groups in total. The lowest BCUT2D eigenvalue weighted by molar-refractivity contribution is 0.179. The minimum absolute atomic E-state index is 0.117. The molecule has 2 unspecified atom stereocenters. The number of rotatable bonds is 4. The lowest BCUT2D eigenvalue weighted by Crippen LogP contribution is -2.50. The van der Waals surface area contributed by atoms with Crippen LogP contribution in [-0.4, -0.2) is 44.2 Å². The van der Waals surface area contributed by atoms with Crippen molar-refractivity contribution < 1.29 is 9.13 Å². The predicted molar refractivity (Wildman–Crippen MR) is 120 cm³/mol. The Morgan fingerprint density at radius 3 is 2.32 bits per heavy atom. The molecule has 0 bridgehead atoms. The third-order valence-electron chi connectivity index (χ3n) is 7.84. The van der Waals surface area contributed by atoms with Crippen LogP contribution in [0.25, 0.3) is 0 Å². The fraction of sp³-hybridized carbons (Fsp3) is 0.500. The van der Waals surface area contributed by atoms with Crippen LogP contribution in [0.5, 0.6) is 5.75 Å². The zero-order valence-electron chi connectivity index (χ0n) is 18.1. The SMILES string of the molecule is COc1ccccc1C1CC2CC(N3CCN(c4ccc(C#N)c(F)c4)CC3)CC2C1. The Kier molecular flexibility index (Phi) is 5.58. The summed E-state index contributed by atoms with van der Waals surface area (Å²) in [4.78, 5) is 4.90. The number of nitrogens with zero attached hydrogens (tertiary/aromatic N) is 3. The largest absolute Gasteiger partial charge is 0.496 e. The maximum Gasteiger partial charge on any atom is 0.143 e. The van der Waals surface area contributed by atoms with Crippen LogP contribution >= 0.6 is 0 Å². The number of ether oxygens (including phenoxy) is 1. The highest BCUT2D eigenvalue weighted by Gasteiger charge is 2.44. The van der Waals surface area contributed by atoms with Crippen LogP contribution in [0.15, 0.2) is 42.5 Å². The van der Waals surface area contributed by atoms with Crippen molar-refractivity contribution in [1.82, 2.24) is 4.90 Å². The Balaban J connectivity index is 1.16. The zero-order valence-corrected chi connectivity index (χ0v) is 18.1. The predicted octanol–water partition coefficient (Wildman–Crippen LogP) is 4.80. The Labute approximate surface area is 184 Å². The molecule has 31 heavy (non-hydrogen) atoms. The fourth-order valence-electron chi connectivity index (χ4n) is 6.28. The minimum Gasteiger partial charge on any atom is -0.496 e. The number of nitriles is 1. The van der Waals surface area contributed by atoms with Gasteiger partial charge < -0.3 is 9.64 Å². The number of piperazine rings is 1. The Hall–Kier alpha value is -2.58. The molecule has 0 amide bonds. The van der Waals surface area contributed by atoms with Gasteiger partial charge in [0.15, 0.2) is 0 Å². The van der Waals surface area contributed by atoms with E-state index >= 15 is 0 Å². The summed E-state index contributed by atoms with van der Waals surface area (Å²) in [6.07, 6.45) is 5.18. The molecule has 2 saturated carbocycles. The summed E-state index contributed by atoms with van der Waals surface area (Å²) in [6, 6.07) is 16.1. The Morgan fingerprint density at radius 2 is 1.68 bits per heavy atom. The molecule has 0 radical (unpaired) electrons. The molecule has 2 aliphatic carbocycles. The molecule has 2 aromatic rings. The second kappa shape index (κ2) is 8.51. The first-order valence-electron chi connectivity index (χ1n) is 11.5. The van der Waals surface area contributed by atoms with Crippen LogP contribution in [-0.2, 0) is 0 Å². The molecular formula is C26H30FN3O. The second-order valence-electron chi connectivity index (χ2n) is 9.35. The first-order chi connectivity index (χ1) is 15.2. The summed E-state index contributed by atoms with van der Waals surface area (Å²) >= 11 is 0. The van der Waals surface area contributed by atoms with E-state index in [1.807, 2.05) is 12.1 Å². The molecule has 2 atom stereocenters. The normalized spacial score (nSPS) is 28.4. The number of para-hydroxylation sites is 1. The van der Waals surface area contributed by atoms with Gasteiger partial charge >= 0.3 is 0 Å². The van der Waals surface area contributed by atoms with Crippen molar-refractivity contribution in [1.29, 1.82) is 5.26 Å².